The van der Waals surface area contributed by atoms with E-state index in [1.54, 1.807) is 49.6 Å². The second-order valence-electron chi connectivity index (χ2n) is 10.4. The molecule has 7 aromatic rings. The van der Waals surface area contributed by atoms with Crippen LogP contribution in [0.5, 0.6) is 0 Å². The van der Waals surface area contributed by atoms with E-state index in [0.29, 0.717) is 0 Å². The molecule has 0 saturated heterocycles. The summed E-state index contributed by atoms with van der Waals surface area (Å²) in [6.45, 7) is 0. The second kappa shape index (κ2) is 12.0. The van der Waals surface area contributed by atoms with Gasteiger partial charge in [0.25, 0.3) is 0 Å². The van der Waals surface area contributed by atoms with E-state index >= 15 is 4.57 Å². The zero-order chi connectivity index (χ0) is 29.8. The molecule has 4 aromatic heterocycles. The minimum absolute atomic E-state index is 0.748. The fraction of sp³-hybridized carbons (Fsp3) is 0. The SMILES string of the molecule is O=P(c1ccccc1)(c1cc(-c2ccncc2)cc(-c2ccncc2)c1)c1cc(-c2ccncc2)cc(-c2ccncc2)c1. The Kier molecular flexibility index (Phi) is 7.46. The van der Waals surface area contributed by atoms with Crippen molar-refractivity contribution in [3.8, 4) is 44.5 Å². The fourth-order valence-corrected chi connectivity index (χ4v) is 8.29. The quantitative estimate of drug-likeness (QED) is 0.180. The number of benzene rings is 3. The Morgan fingerprint density at radius 2 is 0.614 bits per heavy atom. The summed E-state index contributed by atoms with van der Waals surface area (Å²) in [4.78, 5) is 16.9. The summed E-state index contributed by atoms with van der Waals surface area (Å²) in [7, 11) is -3.43. The summed E-state index contributed by atoms with van der Waals surface area (Å²) in [5.41, 5.74) is 7.86. The Morgan fingerprint density at radius 1 is 0.318 bits per heavy atom. The monoisotopic (exact) mass is 586 g/mol. The highest BCUT2D eigenvalue weighted by molar-refractivity contribution is 7.85. The minimum Gasteiger partial charge on any atom is -0.309 e. The number of hydrogen-bond acceptors (Lipinski definition) is 5. The topological polar surface area (TPSA) is 68.6 Å². The van der Waals surface area contributed by atoms with Gasteiger partial charge < -0.3 is 4.57 Å². The maximum Gasteiger partial charge on any atom is 0.171 e. The Balaban J connectivity index is 1.54. The van der Waals surface area contributed by atoms with Gasteiger partial charge in [-0.1, -0.05) is 30.3 Å². The molecule has 0 amide bonds. The molecule has 5 nitrogen and oxygen atoms in total. The first-order valence-corrected chi connectivity index (χ1v) is 16.0. The van der Waals surface area contributed by atoms with Crippen LogP contribution in [-0.4, -0.2) is 19.9 Å². The van der Waals surface area contributed by atoms with Gasteiger partial charge in [0.1, 0.15) is 0 Å². The molecule has 4 heterocycles. The van der Waals surface area contributed by atoms with Crippen molar-refractivity contribution in [1.82, 2.24) is 19.9 Å². The van der Waals surface area contributed by atoms with Crippen molar-refractivity contribution in [2.45, 2.75) is 0 Å². The molecule has 0 aliphatic heterocycles. The maximum atomic E-state index is 16.1. The fourth-order valence-electron chi connectivity index (χ4n) is 5.52. The van der Waals surface area contributed by atoms with Gasteiger partial charge in [-0.2, -0.15) is 0 Å². The average molecular weight is 587 g/mol. The smallest absolute Gasteiger partial charge is 0.171 e. The van der Waals surface area contributed by atoms with E-state index in [1.165, 1.54) is 0 Å². The van der Waals surface area contributed by atoms with Gasteiger partial charge in [0.2, 0.25) is 0 Å². The molecule has 0 bridgehead atoms. The zero-order valence-electron chi connectivity index (χ0n) is 23.7. The van der Waals surface area contributed by atoms with Gasteiger partial charge in [-0.25, -0.2) is 0 Å². The van der Waals surface area contributed by atoms with Crippen LogP contribution in [0, 0.1) is 0 Å². The summed E-state index contributed by atoms with van der Waals surface area (Å²) in [5.74, 6) is 0. The molecule has 3 aromatic carbocycles. The van der Waals surface area contributed by atoms with Gasteiger partial charge in [0.15, 0.2) is 7.14 Å². The molecule has 0 saturated carbocycles. The predicted molar refractivity (Wildman–Crippen MR) is 179 cm³/mol. The highest BCUT2D eigenvalue weighted by atomic mass is 31.2. The van der Waals surface area contributed by atoms with Crippen LogP contribution in [0.4, 0.5) is 0 Å². The first kappa shape index (κ1) is 27.3. The van der Waals surface area contributed by atoms with E-state index in [9.17, 15) is 0 Å². The molecule has 210 valence electrons. The molecule has 0 aliphatic rings. The van der Waals surface area contributed by atoms with Crippen molar-refractivity contribution in [2.24, 2.45) is 0 Å². The van der Waals surface area contributed by atoms with Gasteiger partial charge in [-0.3, -0.25) is 19.9 Å². The molecule has 0 N–H and O–H groups in total. The molecule has 6 heteroatoms. The molecule has 0 aliphatic carbocycles. The summed E-state index contributed by atoms with van der Waals surface area (Å²) < 4.78 is 16.1. The van der Waals surface area contributed by atoms with Crippen LogP contribution in [0.2, 0.25) is 0 Å². The predicted octanol–water partition coefficient (Wildman–Crippen LogP) is 7.57. The molecular weight excluding hydrogens is 559 g/mol. The lowest BCUT2D eigenvalue weighted by atomic mass is 10.0. The van der Waals surface area contributed by atoms with Crippen molar-refractivity contribution < 1.29 is 4.57 Å². The molecule has 0 fully saturated rings. The Labute approximate surface area is 256 Å². The summed E-state index contributed by atoms with van der Waals surface area (Å²) in [5, 5.41) is 2.26. The molecule has 7 rings (SSSR count). The average Bonchev–Trinajstić information content (AvgIpc) is 3.12. The minimum atomic E-state index is -3.43. The highest BCUT2D eigenvalue weighted by Gasteiger charge is 2.32. The maximum absolute atomic E-state index is 16.1. The third kappa shape index (κ3) is 5.37. The number of pyridine rings is 4. The number of hydrogen-bond donors (Lipinski definition) is 0. The lowest BCUT2D eigenvalue weighted by Gasteiger charge is -2.23. The van der Waals surface area contributed by atoms with E-state index in [1.807, 2.05) is 78.9 Å². The van der Waals surface area contributed by atoms with Crippen LogP contribution in [0.3, 0.4) is 0 Å². The molecule has 0 atom stereocenters. The largest absolute Gasteiger partial charge is 0.309 e. The lowest BCUT2D eigenvalue weighted by Crippen LogP contribution is -2.25. The van der Waals surface area contributed by atoms with Gasteiger partial charge in [0, 0.05) is 65.5 Å². The molecule has 0 radical (unpaired) electrons. The Hall–Kier alpha value is -5.51. The van der Waals surface area contributed by atoms with Crippen LogP contribution in [0.15, 0.2) is 165 Å². The van der Waals surface area contributed by atoms with E-state index in [-0.39, 0.29) is 0 Å². The van der Waals surface area contributed by atoms with Crippen LogP contribution in [0.1, 0.15) is 0 Å². The third-order valence-corrected chi connectivity index (χ3v) is 10.7. The number of nitrogens with zero attached hydrogens (tertiary/aromatic N) is 4. The van der Waals surface area contributed by atoms with E-state index in [4.69, 9.17) is 0 Å². The van der Waals surface area contributed by atoms with Crippen molar-refractivity contribution in [3.05, 3.63) is 165 Å². The normalized spacial score (nSPS) is 11.3. The van der Waals surface area contributed by atoms with Gasteiger partial charge in [-0.15, -0.1) is 0 Å². The molecular formula is C38H27N4OP. The van der Waals surface area contributed by atoms with Crippen LogP contribution in [-0.2, 0) is 4.57 Å². The van der Waals surface area contributed by atoms with E-state index in [2.05, 4.69) is 56.3 Å². The standard InChI is InChI=1S/C38H27N4OP/c43-44(36-4-2-1-3-5-36,37-24-32(28-6-14-39-15-7-28)22-33(25-37)29-8-16-40-17-9-29)38-26-34(30-10-18-41-19-11-30)23-35(27-38)31-12-20-42-21-13-31/h1-27H. The van der Waals surface area contributed by atoms with Crippen molar-refractivity contribution in [1.29, 1.82) is 0 Å². The van der Waals surface area contributed by atoms with E-state index < -0.39 is 7.14 Å². The van der Waals surface area contributed by atoms with Crippen LogP contribution >= 0.6 is 7.14 Å². The summed E-state index contributed by atoms with van der Waals surface area (Å²) in [6, 6.07) is 38.2. The Morgan fingerprint density at radius 3 is 0.909 bits per heavy atom. The van der Waals surface area contributed by atoms with Crippen molar-refractivity contribution in [2.75, 3.05) is 0 Å². The number of rotatable bonds is 7. The molecule has 0 spiro atoms. The van der Waals surface area contributed by atoms with E-state index in [0.717, 1.165) is 60.4 Å². The molecule has 44 heavy (non-hydrogen) atoms. The summed E-state index contributed by atoms with van der Waals surface area (Å²) in [6.07, 6.45) is 14.3. The second-order valence-corrected chi connectivity index (χ2v) is 13.2. The third-order valence-electron chi connectivity index (χ3n) is 7.74. The van der Waals surface area contributed by atoms with Gasteiger partial charge in [0.05, 0.1) is 0 Å². The Bertz CT molecular complexity index is 1830. The first-order valence-electron chi connectivity index (χ1n) is 14.3. The highest BCUT2D eigenvalue weighted by Crippen LogP contribution is 2.46. The lowest BCUT2D eigenvalue weighted by molar-refractivity contribution is 0.592. The van der Waals surface area contributed by atoms with Crippen LogP contribution in [0.25, 0.3) is 44.5 Å². The van der Waals surface area contributed by atoms with Gasteiger partial charge in [-0.05, 0) is 129 Å². The van der Waals surface area contributed by atoms with Crippen LogP contribution < -0.4 is 15.9 Å². The first-order chi connectivity index (χ1) is 21.7. The van der Waals surface area contributed by atoms with Crippen molar-refractivity contribution >= 4 is 23.1 Å². The van der Waals surface area contributed by atoms with Crippen molar-refractivity contribution in [3.63, 3.8) is 0 Å². The number of aromatic nitrogens is 4. The summed E-state index contributed by atoms with van der Waals surface area (Å²) >= 11 is 0. The molecule has 0 unspecified atom stereocenters. The zero-order valence-corrected chi connectivity index (χ0v) is 24.6. The van der Waals surface area contributed by atoms with Gasteiger partial charge >= 0.3 is 0 Å².